The average molecular weight is 182 g/mol. The summed E-state index contributed by atoms with van der Waals surface area (Å²) < 4.78 is 0. The Morgan fingerprint density at radius 2 is 1.64 bits per heavy atom. The molecule has 0 N–H and O–H groups in total. The molecule has 2 aliphatic rings. The molecule has 70 valence electrons. The van der Waals surface area contributed by atoms with Gasteiger partial charge in [0.05, 0.1) is 0 Å². The van der Waals surface area contributed by atoms with Gasteiger partial charge >= 0.3 is 0 Å². The fraction of sp³-hybridized carbons (Fsp3) is 0.429. The van der Waals surface area contributed by atoms with Crippen molar-refractivity contribution in [1.29, 1.82) is 0 Å². The number of benzene rings is 1. The summed E-state index contributed by atoms with van der Waals surface area (Å²) in [5, 5.41) is 0. The molecule has 0 nitrogen and oxygen atoms in total. The molecule has 2 saturated carbocycles. The van der Waals surface area contributed by atoms with Crippen LogP contribution in [0, 0.1) is 17.8 Å². The second kappa shape index (κ2) is 2.42. The molecule has 1 aromatic rings. The van der Waals surface area contributed by atoms with E-state index in [1.165, 1.54) is 31.2 Å². The first-order chi connectivity index (χ1) is 6.83. The third-order valence-electron chi connectivity index (χ3n) is 4.02. The molecule has 0 aliphatic heterocycles. The van der Waals surface area contributed by atoms with E-state index in [4.69, 9.17) is 6.42 Å². The second-order valence-corrected chi connectivity index (χ2v) is 4.67. The first kappa shape index (κ1) is 8.12. The van der Waals surface area contributed by atoms with E-state index in [9.17, 15) is 0 Å². The number of terminal acetylenes is 1. The van der Waals surface area contributed by atoms with Crippen LogP contribution in [-0.2, 0) is 5.41 Å². The third kappa shape index (κ3) is 0.852. The first-order valence-electron chi connectivity index (χ1n) is 5.36. The second-order valence-electron chi connectivity index (χ2n) is 4.67. The molecule has 2 fully saturated rings. The summed E-state index contributed by atoms with van der Waals surface area (Å²) in [6.45, 7) is 0. The Bertz CT molecular complexity index is 386. The Hall–Kier alpha value is -1.22. The molecular weight excluding hydrogens is 168 g/mol. The maximum Gasteiger partial charge on any atom is 0.0409 e. The summed E-state index contributed by atoms with van der Waals surface area (Å²) in [5.74, 6) is 3.05. The Labute approximate surface area is 85.3 Å². The van der Waals surface area contributed by atoms with Crippen LogP contribution in [-0.4, -0.2) is 0 Å². The summed E-state index contributed by atoms with van der Waals surface area (Å²) in [6, 6.07) is 10.8. The topological polar surface area (TPSA) is 0 Å². The van der Waals surface area contributed by atoms with Crippen molar-refractivity contribution in [3.8, 4) is 12.3 Å². The van der Waals surface area contributed by atoms with Crippen LogP contribution >= 0.6 is 0 Å². The lowest BCUT2D eigenvalue weighted by Crippen LogP contribution is -2.20. The minimum absolute atomic E-state index is 0.231. The van der Waals surface area contributed by atoms with Crippen molar-refractivity contribution >= 4 is 0 Å². The van der Waals surface area contributed by atoms with Crippen molar-refractivity contribution in [2.45, 2.75) is 31.1 Å². The standard InChI is InChI=1S/C14H14/c1-2-13(8-9-13)14(10-11-14)12-6-4-3-5-7-12/h1,3-7H,8-11H2. The molecule has 0 radical (unpaired) electrons. The van der Waals surface area contributed by atoms with E-state index in [-0.39, 0.29) is 5.41 Å². The van der Waals surface area contributed by atoms with Gasteiger partial charge in [-0.1, -0.05) is 36.3 Å². The predicted octanol–water partition coefficient (Wildman–Crippen LogP) is 3.13. The van der Waals surface area contributed by atoms with Crippen LogP contribution in [0.4, 0.5) is 0 Å². The van der Waals surface area contributed by atoms with Crippen LogP contribution in [0.5, 0.6) is 0 Å². The summed E-state index contributed by atoms with van der Waals surface area (Å²) in [7, 11) is 0. The predicted molar refractivity (Wildman–Crippen MR) is 57.9 cm³/mol. The van der Waals surface area contributed by atoms with E-state index in [2.05, 4.69) is 36.3 Å². The van der Waals surface area contributed by atoms with Gasteiger partial charge in [-0.3, -0.25) is 0 Å². The lowest BCUT2D eigenvalue weighted by atomic mass is 9.80. The fourth-order valence-corrected chi connectivity index (χ4v) is 2.81. The van der Waals surface area contributed by atoms with E-state index in [1.807, 2.05) is 0 Å². The zero-order valence-electron chi connectivity index (χ0n) is 8.29. The highest BCUT2D eigenvalue weighted by Gasteiger charge is 2.65. The number of rotatable bonds is 2. The van der Waals surface area contributed by atoms with Gasteiger partial charge in [0, 0.05) is 10.8 Å². The SMILES string of the molecule is C#CC1(C2(c3ccccc3)CC2)CC1. The van der Waals surface area contributed by atoms with Crippen molar-refractivity contribution in [2.24, 2.45) is 5.41 Å². The zero-order chi connectivity index (χ0) is 9.65. The highest BCUT2D eigenvalue weighted by molar-refractivity contribution is 5.42. The fourth-order valence-electron chi connectivity index (χ4n) is 2.81. The van der Waals surface area contributed by atoms with Crippen molar-refractivity contribution in [3.63, 3.8) is 0 Å². The van der Waals surface area contributed by atoms with Crippen LogP contribution in [0.2, 0.25) is 0 Å². The zero-order valence-corrected chi connectivity index (χ0v) is 8.29. The van der Waals surface area contributed by atoms with Gasteiger partial charge < -0.3 is 0 Å². The Morgan fingerprint density at radius 3 is 2.07 bits per heavy atom. The molecule has 0 spiro atoms. The van der Waals surface area contributed by atoms with Crippen molar-refractivity contribution < 1.29 is 0 Å². The van der Waals surface area contributed by atoms with E-state index in [1.54, 1.807) is 0 Å². The van der Waals surface area contributed by atoms with Gasteiger partial charge in [0.25, 0.3) is 0 Å². The van der Waals surface area contributed by atoms with Gasteiger partial charge in [-0.25, -0.2) is 0 Å². The van der Waals surface area contributed by atoms with Crippen LogP contribution in [0.3, 0.4) is 0 Å². The Balaban J connectivity index is 2.04. The maximum atomic E-state index is 5.68. The van der Waals surface area contributed by atoms with Crippen LogP contribution in [0.25, 0.3) is 0 Å². The van der Waals surface area contributed by atoms with Crippen molar-refractivity contribution in [2.75, 3.05) is 0 Å². The van der Waals surface area contributed by atoms with Gasteiger partial charge in [0.2, 0.25) is 0 Å². The molecule has 0 amide bonds. The minimum atomic E-state index is 0.231. The molecule has 0 atom stereocenters. The lowest BCUT2D eigenvalue weighted by molar-refractivity contribution is 0.491. The summed E-state index contributed by atoms with van der Waals surface area (Å²) in [4.78, 5) is 0. The number of hydrogen-bond donors (Lipinski definition) is 0. The van der Waals surface area contributed by atoms with E-state index in [0.29, 0.717) is 5.41 Å². The smallest absolute Gasteiger partial charge is 0.0409 e. The average Bonchev–Trinajstić information content (AvgIpc) is 3.13. The maximum absolute atomic E-state index is 5.68. The van der Waals surface area contributed by atoms with Gasteiger partial charge in [-0.15, -0.1) is 6.42 Å². The first-order valence-corrected chi connectivity index (χ1v) is 5.36. The lowest BCUT2D eigenvalue weighted by Gasteiger charge is -2.22. The molecule has 0 heteroatoms. The quantitative estimate of drug-likeness (QED) is 0.616. The molecule has 0 unspecified atom stereocenters. The molecule has 0 bridgehead atoms. The molecule has 1 aromatic carbocycles. The van der Waals surface area contributed by atoms with Gasteiger partial charge in [0.1, 0.15) is 0 Å². The van der Waals surface area contributed by atoms with Crippen LogP contribution in [0.1, 0.15) is 31.2 Å². The summed E-state index contributed by atoms with van der Waals surface area (Å²) in [6.07, 6.45) is 10.7. The highest BCUT2D eigenvalue weighted by Crippen LogP contribution is 2.70. The third-order valence-corrected chi connectivity index (χ3v) is 4.02. The van der Waals surface area contributed by atoms with E-state index >= 15 is 0 Å². The highest BCUT2D eigenvalue weighted by atomic mass is 14.7. The Kier molecular flexibility index (Phi) is 1.40. The number of hydrogen-bond acceptors (Lipinski definition) is 0. The monoisotopic (exact) mass is 182 g/mol. The molecule has 3 rings (SSSR count). The van der Waals surface area contributed by atoms with Crippen molar-refractivity contribution in [1.82, 2.24) is 0 Å². The van der Waals surface area contributed by atoms with Gasteiger partial charge in [-0.2, -0.15) is 0 Å². The molecule has 0 heterocycles. The molecular formula is C14H14. The van der Waals surface area contributed by atoms with Gasteiger partial charge in [0.15, 0.2) is 0 Å². The Morgan fingerprint density at radius 1 is 1.00 bits per heavy atom. The summed E-state index contributed by atoms with van der Waals surface area (Å²) in [5.41, 5.74) is 2.06. The molecule has 2 aliphatic carbocycles. The van der Waals surface area contributed by atoms with E-state index in [0.717, 1.165) is 0 Å². The summed E-state index contributed by atoms with van der Waals surface area (Å²) >= 11 is 0. The molecule has 14 heavy (non-hydrogen) atoms. The normalized spacial score (nSPS) is 25.1. The molecule has 0 aromatic heterocycles. The van der Waals surface area contributed by atoms with E-state index < -0.39 is 0 Å². The van der Waals surface area contributed by atoms with Crippen LogP contribution < -0.4 is 0 Å². The minimum Gasteiger partial charge on any atom is -0.119 e. The largest absolute Gasteiger partial charge is 0.119 e. The van der Waals surface area contributed by atoms with Crippen LogP contribution in [0.15, 0.2) is 30.3 Å². The van der Waals surface area contributed by atoms with Gasteiger partial charge in [-0.05, 0) is 31.2 Å². The van der Waals surface area contributed by atoms with Crippen molar-refractivity contribution in [3.05, 3.63) is 35.9 Å². The molecule has 0 saturated heterocycles.